The van der Waals surface area contributed by atoms with E-state index in [0.717, 1.165) is 31.1 Å². The second-order valence-electron chi connectivity index (χ2n) is 6.43. The number of aromatic nitrogens is 3. The van der Waals surface area contributed by atoms with E-state index in [0.29, 0.717) is 17.3 Å². The van der Waals surface area contributed by atoms with Crippen molar-refractivity contribution in [3.05, 3.63) is 52.7 Å². The molecular formula is C19H19FN4O2. The van der Waals surface area contributed by atoms with Gasteiger partial charge in [0.2, 0.25) is 5.95 Å². The Morgan fingerprint density at radius 1 is 1.23 bits per heavy atom. The number of ether oxygens (including phenoxy) is 1. The smallest absolute Gasteiger partial charge is 0.252 e. The predicted octanol–water partition coefficient (Wildman–Crippen LogP) is 3.80. The van der Waals surface area contributed by atoms with E-state index in [1.165, 1.54) is 19.2 Å². The van der Waals surface area contributed by atoms with Crippen molar-refractivity contribution in [2.45, 2.75) is 31.7 Å². The molecule has 0 amide bonds. The molecule has 1 saturated carbocycles. The predicted molar refractivity (Wildman–Crippen MR) is 97.5 cm³/mol. The van der Waals surface area contributed by atoms with E-state index in [9.17, 15) is 9.18 Å². The lowest BCUT2D eigenvalue weighted by Crippen LogP contribution is -2.23. The summed E-state index contributed by atoms with van der Waals surface area (Å²) in [5, 5.41) is 3.80. The third-order valence-corrected chi connectivity index (χ3v) is 4.76. The average molecular weight is 354 g/mol. The molecule has 2 aromatic heterocycles. The number of benzene rings is 1. The maximum Gasteiger partial charge on any atom is 0.252 e. The van der Waals surface area contributed by atoms with Gasteiger partial charge in [0, 0.05) is 35.4 Å². The van der Waals surface area contributed by atoms with Crippen LogP contribution in [0.25, 0.3) is 11.0 Å². The van der Waals surface area contributed by atoms with E-state index in [1.807, 2.05) is 0 Å². The van der Waals surface area contributed by atoms with Crippen LogP contribution in [-0.4, -0.2) is 21.6 Å². The van der Waals surface area contributed by atoms with E-state index < -0.39 is 5.82 Å². The van der Waals surface area contributed by atoms with Crippen molar-refractivity contribution in [1.29, 1.82) is 0 Å². The molecule has 0 aliphatic heterocycles. The molecule has 1 aliphatic carbocycles. The molecule has 3 aromatic rings. The molecule has 1 fully saturated rings. The molecule has 0 atom stereocenters. The highest BCUT2D eigenvalue weighted by atomic mass is 19.1. The number of fused-ring (bicyclic) bond motifs is 1. The minimum Gasteiger partial charge on any atom is -0.494 e. The number of halogens is 1. The van der Waals surface area contributed by atoms with Crippen molar-refractivity contribution in [2.75, 3.05) is 12.4 Å². The third kappa shape index (κ3) is 3.00. The van der Waals surface area contributed by atoms with E-state index in [1.54, 1.807) is 29.0 Å². The topological polar surface area (TPSA) is 69.0 Å². The molecule has 0 bridgehead atoms. The highest BCUT2D eigenvalue weighted by Gasteiger charge is 2.20. The summed E-state index contributed by atoms with van der Waals surface area (Å²) in [7, 11) is 1.42. The molecule has 1 N–H and O–H groups in total. The summed E-state index contributed by atoms with van der Waals surface area (Å²) in [5.74, 6) is 0.0191. The van der Waals surface area contributed by atoms with Crippen molar-refractivity contribution in [3.63, 3.8) is 0 Å². The Bertz CT molecular complexity index is 1010. The van der Waals surface area contributed by atoms with Crippen molar-refractivity contribution >= 4 is 22.7 Å². The third-order valence-electron chi connectivity index (χ3n) is 4.76. The Hall–Kier alpha value is -2.96. The Morgan fingerprint density at radius 3 is 2.77 bits per heavy atom. The van der Waals surface area contributed by atoms with Crippen LogP contribution in [0.4, 0.5) is 16.0 Å². The minimum absolute atomic E-state index is 0.0514. The monoisotopic (exact) mass is 354 g/mol. The van der Waals surface area contributed by atoms with Gasteiger partial charge in [-0.2, -0.15) is 4.98 Å². The molecule has 6 nitrogen and oxygen atoms in total. The number of nitrogens with one attached hydrogen (secondary N) is 1. The van der Waals surface area contributed by atoms with Crippen LogP contribution in [0, 0.1) is 5.82 Å². The zero-order valence-corrected chi connectivity index (χ0v) is 14.4. The summed E-state index contributed by atoms with van der Waals surface area (Å²) in [6, 6.07) is 8.02. The molecule has 1 aromatic carbocycles. The van der Waals surface area contributed by atoms with Gasteiger partial charge < -0.3 is 10.1 Å². The number of nitrogens with zero attached hydrogens (tertiary/aromatic N) is 3. The molecule has 0 saturated heterocycles. The van der Waals surface area contributed by atoms with Gasteiger partial charge in [-0.3, -0.25) is 9.36 Å². The summed E-state index contributed by atoms with van der Waals surface area (Å²) >= 11 is 0. The molecule has 7 heteroatoms. The molecule has 4 rings (SSSR count). The number of anilines is 2. The van der Waals surface area contributed by atoms with Crippen molar-refractivity contribution in [1.82, 2.24) is 14.5 Å². The second kappa shape index (κ2) is 6.74. The van der Waals surface area contributed by atoms with Gasteiger partial charge in [-0.25, -0.2) is 9.37 Å². The van der Waals surface area contributed by atoms with Gasteiger partial charge >= 0.3 is 0 Å². The van der Waals surface area contributed by atoms with Crippen LogP contribution in [-0.2, 0) is 0 Å². The summed E-state index contributed by atoms with van der Waals surface area (Å²) in [5.41, 5.74) is 1.06. The molecule has 0 spiro atoms. The van der Waals surface area contributed by atoms with E-state index >= 15 is 0 Å². The summed E-state index contributed by atoms with van der Waals surface area (Å²) in [6.45, 7) is 0. The molecule has 0 radical (unpaired) electrons. The SMILES string of the molecule is COc1ccc(Nc2ncc3ccc(=O)n(C4CCCC4)c3n2)cc1F. The van der Waals surface area contributed by atoms with Gasteiger partial charge in [-0.1, -0.05) is 12.8 Å². The summed E-state index contributed by atoms with van der Waals surface area (Å²) in [4.78, 5) is 21.2. The van der Waals surface area contributed by atoms with Gasteiger partial charge in [-0.15, -0.1) is 0 Å². The lowest BCUT2D eigenvalue weighted by molar-refractivity contribution is 0.386. The standard InChI is InChI=1S/C19H19FN4O2/c1-26-16-8-7-13(10-15(16)20)22-19-21-11-12-6-9-17(25)24(18(12)23-19)14-4-2-3-5-14/h6-11,14H,2-5H2,1H3,(H,21,22,23). The van der Waals surface area contributed by atoms with Gasteiger partial charge in [0.15, 0.2) is 11.6 Å². The van der Waals surface area contributed by atoms with Gasteiger partial charge in [-0.05, 0) is 31.0 Å². The first-order chi connectivity index (χ1) is 12.7. The van der Waals surface area contributed by atoms with Crippen LogP contribution in [0.3, 0.4) is 0 Å². The fourth-order valence-electron chi connectivity index (χ4n) is 3.49. The second-order valence-corrected chi connectivity index (χ2v) is 6.43. The maximum absolute atomic E-state index is 13.9. The van der Waals surface area contributed by atoms with Crippen LogP contribution in [0.2, 0.25) is 0 Å². The Labute approximate surface area is 149 Å². The number of hydrogen-bond acceptors (Lipinski definition) is 5. The lowest BCUT2D eigenvalue weighted by Gasteiger charge is -2.16. The first kappa shape index (κ1) is 16.5. The molecule has 134 valence electrons. The highest BCUT2D eigenvalue weighted by Crippen LogP contribution is 2.30. The van der Waals surface area contributed by atoms with Crippen molar-refractivity contribution in [2.24, 2.45) is 0 Å². The first-order valence-electron chi connectivity index (χ1n) is 8.64. The van der Waals surface area contributed by atoms with Crippen molar-refractivity contribution in [3.8, 4) is 5.75 Å². The van der Waals surface area contributed by atoms with Crippen LogP contribution in [0.1, 0.15) is 31.7 Å². The molecule has 0 unspecified atom stereocenters. The van der Waals surface area contributed by atoms with E-state index in [4.69, 9.17) is 4.74 Å². The van der Waals surface area contributed by atoms with Gasteiger partial charge in [0.05, 0.1) is 7.11 Å². The van der Waals surface area contributed by atoms with E-state index in [-0.39, 0.29) is 17.4 Å². The quantitative estimate of drug-likeness (QED) is 0.772. The summed E-state index contributed by atoms with van der Waals surface area (Å²) in [6.07, 6.45) is 5.88. The number of hydrogen-bond donors (Lipinski definition) is 1. The Balaban J connectivity index is 1.73. The van der Waals surface area contributed by atoms with Crippen LogP contribution >= 0.6 is 0 Å². The zero-order chi connectivity index (χ0) is 18.1. The molecule has 1 aliphatic rings. The minimum atomic E-state index is -0.471. The maximum atomic E-state index is 13.9. The fourth-order valence-corrected chi connectivity index (χ4v) is 3.49. The number of rotatable bonds is 4. The molecule has 2 heterocycles. The normalized spacial score (nSPS) is 14.7. The largest absolute Gasteiger partial charge is 0.494 e. The average Bonchev–Trinajstić information content (AvgIpc) is 3.16. The van der Waals surface area contributed by atoms with Gasteiger partial charge in [0.25, 0.3) is 5.56 Å². The van der Waals surface area contributed by atoms with Crippen molar-refractivity contribution < 1.29 is 9.13 Å². The van der Waals surface area contributed by atoms with Crippen LogP contribution in [0.15, 0.2) is 41.3 Å². The molecule has 26 heavy (non-hydrogen) atoms. The zero-order valence-electron chi connectivity index (χ0n) is 14.4. The molecular weight excluding hydrogens is 335 g/mol. The van der Waals surface area contributed by atoms with Crippen LogP contribution < -0.4 is 15.6 Å². The number of methoxy groups -OCH3 is 1. The first-order valence-corrected chi connectivity index (χ1v) is 8.64. The number of pyridine rings is 1. The lowest BCUT2D eigenvalue weighted by atomic mass is 10.2. The summed E-state index contributed by atoms with van der Waals surface area (Å²) < 4.78 is 20.6. The fraction of sp³-hybridized carbons (Fsp3) is 0.316. The van der Waals surface area contributed by atoms with E-state index in [2.05, 4.69) is 15.3 Å². The Morgan fingerprint density at radius 2 is 2.04 bits per heavy atom. The van der Waals surface area contributed by atoms with Crippen LogP contribution in [0.5, 0.6) is 5.75 Å². The highest BCUT2D eigenvalue weighted by molar-refractivity contribution is 5.75. The Kier molecular flexibility index (Phi) is 4.28. The van der Waals surface area contributed by atoms with Gasteiger partial charge in [0.1, 0.15) is 5.65 Å².